The van der Waals surface area contributed by atoms with E-state index in [0.29, 0.717) is 11.7 Å². The molecule has 0 spiro atoms. The highest BCUT2D eigenvalue weighted by atomic mass is 32.2. The van der Waals surface area contributed by atoms with Crippen LogP contribution >= 0.6 is 11.8 Å². The first-order chi connectivity index (χ1) is 4.85. The van der Waals surface area contributed by atoms with Crippen LogP contribution < -0.4 is 5.32 Å². The molecule has 0 fully saturated rings. The standard InChI is InChI=1S/C6H7N3S/c1-3-4-8-6(10-2)9-5-7/h1H,4H2,2H3,(H,8,9). The van der Waals surface area contributed by atoms with Crippen LogP contribution in [0.3, 0.4) is 0 Å². The molecule has 0 aliphatic heterocycles. The van der Waals surface area contributed by atoms with Gasteiger partial charge in [0.1, 0.15) is 6.54 Å². The van der Waals surface area contributed by atoms with E-state index in [1.54, 1.807) is 6.19 Å². The Bertz CT molecular complexity index is 196. The molecule has 0 heterocycles. The maximum Gasteiger partial charge on any atom is 0.183 e. The van der Waals surface area contributed by atoms with Crippen molar-refractivity contribution in [3.63, 3.8) is 0 Å². The molecule has 10 heavy (non-hydrogen) atoms. The zero-order valence-electron chi connectivity index (χ0n) is 5.59. The third kappa shape index (κ3) is 3.82. The second kappa shape index (κ2) is 6.00. The highest BCUT2D eigenvalue weighted by molar-refractivity contribution is 8.13. The summed E-state index contributed by atoms with van der Waals surface area (Å²) in [6.45, 7) is 0.310. The first kappa shape index (κ1) is 8.87. The Morgan fingerprint density at radius 1 is 1.90 bits per heavy atom. The molecule has 0 saturated carbocycles. The van der Waals surface area contributed by atoms with Crippen molar-refractivity contribution in [3.8, 4) is 18.5 Å². The number of hydrogen-bond donors (Lipinski definition) is 1. The summed E-state index contributed by atoms with van der Waals surface area (Å²) in [5.41, 5.74) is 0. The Labute approximate surface area is 64.5 Å². The Morgan fingerprint density at radius 2 is 2.60 bits per heavy atom. The summed E-state index contributed by atoms with van der Waals surface area (Å²) in [5.74, 6) is 2.34. The van der Waals surface area contributed by atoms with Crippen molar-refractivity contribution >= 4 is 16.9 Å². The second-order valence-electron chi connectivity index (χ2n) is 1.27. The van der Waals surface area contributed by atoms with Gasteiger partial charge >= 0.3 is 0 Å². The van der Waals surface area contributed by atoms with Crippen LogP contribution in [0.4, 0.5) is 0 Å². The number of nitrogens with zero attached hydrogens (tertiary/aromatic N) is 2. The van der Waals surface area contributed by atoms with E-state index in [4.69, 9.17) is 11.7 Å². The Hall–Kier alpha value is -1.13. The van der Waals surface area contributed by atoms with Gasteiger partial charge in [0.25, 0.3) is 0 Å². The van der Waals surface area contributed by atoms with Gasteiger partial charge in [0.15, 0.2) is 11.4 Å². The normalized spacial score (nSPS) is 9.70. The quantitative estimate of drug-likeness (QED) is 0.195. The molecule has 0 bridgehead atoms. The monoisotopic (exact) mass is 153 g/mol. The molecule has 0 rings (SSSR count). The van der Waals surface area contributed by atoms with Crippen molar-refractivity contribution < 1.29 is 0 Å². The van der Waals surface area contributed by atoms with Crippen LogP contribution in [0.5, 0.6) is 0 Å². The number of rotatable bonds is 1. The fourth-order valence-corrected chi connectivity index (χ4v) is 0.662. The molecule has 0 aliphatic carbocycles. The molecule has 0 aromatic heterocycles. The van der Waals surface area contributed by atoms with Gasteiger partial charge in [-0.2, -0.15) is 5.26 Å². The van der Waals surface area contributed by atoms with Crippen LogP contribution in [0, 0.1) is 23.8 Å². The predicted molar refractivity (Wildman–Crippen MR) is 43.4 cm³/mol. The van der Waals surface area contributed by atoms with Crippen molar-refractivity contribution in [1.82, 2.24) is 5.32 Å². The van der Waals surface area contributed by atoms with Gasteiger partial charge in [-0.25, -0.2) is 4.99 Å². The largest absolute Gasteiger partial charge is 0.272 e. The van der Waals surface area contributed by atoms with Gasteiger partial charge in [-0.15, -0.1) is 6.42 Å². The zero-order valence-corrected chi connectivity index (χ0v) is 6.40. The summed E-state index contributed by atoms with van der Waals surface area (Å²) in [4.78, 5) is 3.86. The molecule has 4 heteroatoms. The first-order valence-electron chi connectivity index (χ1n) is 2.52. The maximum absolute atomic E-state index is 8.16. The topological polar surface area (TPSA) is 48.2 Å². The maximum atomic E-state index is 8.16. The zero-order chi connectivity index (χ0) is 7.82. The molecule has 0 atom stereocenters. The van der Waals surface area contributed by atoms with E-state index in [1.165, 1.54) is 11.8 Å². The van der Waals surface area contributed by atoms with Crippen LogP contribution in [0.2, 0.25) is 0 Å². The Kier molecular flexibility index (Phi) is 5.32. The summed E-state index contributed by atoms with van der Waals surface area (Å²) >= 11 is 1.36. The van der Waals surface area contributed by atoms with Crippen molar-refractivity contribution in [1.29, 1.82) is 5.26 Å². The molecular weight excluding hydrogens is 146 g/mol. The molecular formula is C6H7N3S. The minimum Gasteiger partial charge on any atom is -0.272 e. The van der Waals surface area contributed by atoms with Crippen molar-refractivity contribution in [2.75, 3.05) is 12.8 Å². The predicted octanol–water partition coefficient (Wildman–Crippen LogP) is 0.409. The molecule has 0 radical (unpaired) electrons. The third-order valence-electron chi connectivity index (χ3n) is 0.670. The smallest absolute Gasteiger partial charge is 0.183 e. The number of amidine groups is 1. The number of aliphatic imine (C=N–C) groups is 1. The van der Waals surface area contributed by atoms with E-state index in [9.17, 15) is 0 Å². The molecule has 0 amide bonds. The summed E-state index contributed by atoms with van der Waals surface area (Å²) < 4.78 is 0. The van der Waals surface area contributed by atoms with Crippen LogP contribution in [0.15, 0.2) is 4.99 Å². The minimum atomic E-state index is 0.310. The van der Waals surface area contributed by atoms with Crippen molar-refractivity contribution in [3.05, 3.63) is 0 Å². The molecule has 0 aliphatic rings. The average Bonchev–Trinajstić information content (AvgIpc) is 1.98. The lowest BCUT2D eigenvalue weighted by Crippen LogP contribution is -2.13. The molecule has 3 nitrogen and oxygen atoms in total. The summed E-state index contributed by atoms with van der Waals surface area (Å²) in [7, 11) is 0. The van der Waals surface area contributed by atoms with Gasteiger partial charge in [-0.05, 0) is 6.26 Å². The lowest BCUT2D eigenvalue weighted by Gasteiger charge is -1.94. The van der Waals surface area contributed by atoms with Crippen LogP contribution in [0.1, 0.15) is 0 Å². The fraction of sp³-hybridized carbons (Fsp3) is 0.333. The Morgan fingerprint density at radius 3 is 3.00 bits per heavy atom. The number of thioether (sulfide) groups is 1. The van der Waals surface area contributed by atoms with E-state index in [0.717, 1.165) is 0 Å². The van der Waals surface area contributed by atoms with Crippen LogP contribution in [-0.2, 0) is 0 Å². The molecule has 0 aromatic rings. The Balaban J connectivity index is 3.84. The highest BCUT2D eigenvalue weighted by Crippen LogP contribution is 1.92. The lowest BCUT2D eigenvalue weighted by molar-refractivity contribution is 1.22. The number of nitrogens with one attached hydrogen (secondary N) is 1. The van der Waals surface area contributed by atoms with Gasteiger partial charge < -0.3 is 0 Å². The lowest BCUT2D eigenvalue weighted by atomic mass is 10.7. The average molecular weight is 153 g/mol. The number of terminal acetylenes is 1. The number of nitriles is 1. The van der Waals surface area contributed by atoms with E-state index >= 15 is 0 Å². The van der Waals surface area contributed by atoms with Gasteiger partial charge in [0.2, 0.25) is 0 Å². The molecule has 1 N–H and O–H groups in total. The van der Waals surface area contributed by atoms with E-state index in [2.05, 4.69) is 16.2 Å². The van der Waals surface area contributed by atoms with E-state index < -0.39 is 0 Å². The van der Waals surface area contributed by atoms with E-state index in [1.807, 2.05) is 6.26 Å². The first-order valence-corrected chi connectivity index (χ1v) is 3.74. The summed E-state index contributed by atoms with van der Waals surface area (Å²) in [5, 5.41) is 11.1. The van der Waals surface area contributed by atoms with Crippen molar-refractivity contribution in [2.24, 2.45) is 4.99 Å². The van der Waals surface area contributed by atoms with Crippen LogP contribution in [0.25, 0.3) is 0 Å². The summed E-state index contributed by atoms with van der Waals surface area (Å²) in [6.07, 6.45) is 8.53. The SMILES string of the molecule is C#CC/N=C(/NC#N)SC. The van der Waals surface area contributed by atoms with Crippen molar-refractivity contribution in [2.45, 2.75) is 0 Å². The highest BCUT2D eigenvalue weighted by Gasteiger charge is 1.90. The van der Waals surface area contributed by atoms with Crippen LogP contribution in [-0.4, -0.2) is 18.0 Å². The molecule has 52 valence electrons. The summed E-state index contributed by atoms with van der Waals surface area (Å²) in [6, 6.07) is 0. The van der Waals surface area contributed by atoms with Gasteiger partial charge in [0, 0.05) is 0 Å². The van der Waals surface area contributed by atoms with Gasteiger partial charge in [0.05, 0.1) is 0 Å². The van der Waals surface area contributed by atoms with Gasteiger partial charge in [-0.1, -0.05) is 17.7 Å². The van der Waals surface area contributed by atoms with Gasteiger partial charge in [-0.3, -0.25) is 5.32 Å². The molecule has 0 unspecified atom stereocenters. The fourth-order valence-electron chi connectivity index (χ4n) is 0.320. The number of hydrogen-bond acceptors (Lipinski definition) is 3. The molecule has 0 aromatic carbocycles. The second-order valence-corrected chi connectivity index (χ2v) is 2.06. The third-order valence-corrected chi connectivity index (χ3v) is 1.29. The minimum absolute atomic E-state index is 0.310. The van der Waals surface area contributed by atoms with E-state index in [-0.39, 0.29) is 0 Å². The molecule has 0 saturated heterocycles.